The number of aryl methyl sites for hydroxylation is 3. The minimum atomic E-state index is 0.427. The van der Waals surface area contributed by atoms with Gasteiger partial charge in [-0.1, -0.05) is 29.3 Å². The molecule has 0 unspecified atom stereocenters. The molecule has 0 aliphatic carbocycles. The van der Waals surface area contributed by atoms with E-state index in [0.717, 1.165) is 22.5 Å². The Labute approximate surface area is 116 Å². The average Bonchev–Trinajstić information content (AvgIpc) is 2.71. The number of halogens is 1. The van der Waals surface area contributed by atoms with Gasteiger partial charge < -0.3 is 0 Å². The topological polar surface area (TPSA) is 43.1 Å². The van der Waals surface area contributed by atoms with Gasteiger partial charge in [-0.2, -0.15) is 9.61 Å². The van der Waals surface area contributed by atoms with E-state index in [1.54, 1.807) is 10.6 Å². The zero-order valence-corrected chi connectivity index (χ0v) is 11.7. The van der Waals surface area contributed by atoms with Crippen LogP contribution >= 0.6 is 11.6 Å². The Morgan fingerprint density at radius 3 is 2.37 bits per heavy atom. The molecule has 0 amide bonds. The number of aromatic nitrogens is 4. The van der Waals surface area contributed by atoms with Gasteiger partial charge in [0.1, 0.15) is 5.15 Å². The van der Waals surface area contributed by atoms with Crippen LogP contribution in [0.5, 0.6) is 0 Å². The Morgan fingerprint density at radius 2 is 1.68 bits per heavy atom. The lowest BCUT2D eigenvalue weighted by Crippen LogP contribution is -1.98. The van der Waals surface area contributed by atoms with Crippen LogP contribution in [0.4, 0.5) is 0 Å². The second-order valence-corrected chi connectivity index (χ2v) is 5.11. The predicted molar refractivity (Wildman–Crippen MR) is 75.4 cm³/mol. The van der Waals surface area contributed by atoms with Gasteiger partial charge in [-0.05, 0) is 44.0 Å². The van der Waals surface area contributed by atoms with Crippen molar-refractivity contribution in [1.82, 2.24) is 19.8 Å². The number of benzene rings is 1. The molecule has 0 bridgehead atoms. The smallest absolute Gasteiger partial charge is 0.185 e. The molecule has 1 aromatic carbocycles. The predicted octanol–water partition coefficient (Wildman–Crippen LogP) is 3.37. The molecule has 96 valence electrons. The van der Waals surface area contributed by atoms with Gasteiger partial charge in [0, 0.05) is 5.56 Å². The van der Waals surface area contributed by atoms with Crippen molar-refractivity contribution in [3.8, 4) is 11.4 Å². The standard InChI is InChI=1S/C14H13ClN4/c1-8-6-9(2)13(10(3)7-8)14-17-16-12-5-4-11(15)18-19(12)14/h4-7H,1-3H3. The highest BCUT2D eigenvalue weighted by Crippen LogP contribution is 2.27. The first-order chi connectivity index (χ1) is 9.06. The SMILES string of the molecule is Cc1cc(C)c(-c2nnc3ccc(Cl)nn23)c(C)c1. The number of hydrogen-bond acceptors (Lipinski definition) is 3. The van der Waals surface area contributed by atoms with Crippen LogP contribution in [0.1, 0.15) is 16.7 Å². The molecular weight excluding hydrogens is 260 g/mol. The molecule has 0 fully saturated rings. The molecule has 0 aliphatic rings. The van der Waals surface area contributed by atoms with Gasteiger partial charge >= 0.3 is 0 Å². The number of rotatable bonds is 1. The molecule has 0 N–H and O–H groups in total. The minimum Gasteiger partial charge on any atom is -0.191 e. The summed E-state index contributed by atoms with van der Waals surface area (Å²) in [5, 5.41) is 13.1. The molecule has 2 heterocycles. The van der Waals surface area contributed by atoms with E-state index < -0.39 is 0 Å². The molecule has 4 nitrogen and oxygen atoms in total. The maximum Gasteiger partial charge on any atom is 0.185 e. The lowest BCUT2D eigenvalue weighted by molar-refractivity contribution is 0.933. The molecule has 5 heteroatoms. The van der Waals surface area contributed by atoms with Gasteiger partial charge in [0.05, 0.1) is 0 Å². The molecule has 0 spiro atoms. The molecule has 0 saturated heterocycles. The summed E-state index contributed by atoms with van der Waals surface area (Å²) in [5.41, 5.74) is 5.31. The lowest BCUT2D eigenvalue weighted by atomic mass is 9.99. The van der Waals surface area contributed by atoms with Crippen molar-refractivity contribution in [2.45, 2.75) is 20.8 Å². The third-order valence-corrected chi connectivity index (χ3v) is 3.33. The van der Waals surface area contributed by atoms with E-state index in [1.807, 2.05) is 6.07 Å². The molecule has 2 aromatic heterocycles. The summed E-state index contributed by atoms with van der Waals surface area (Å²) in [5.74, 6) is 0.729. The van der Waals surface area contributed by atoms with E-state index in [4.69, 9.17) is 11.6 Å². The van der Waals surface area contributed by atoms with E-state index in [0.29, 0.717) is 10.8 Å². The zero-order chi connectivity index (χ0) is 13.6. The average molecular weight is 273 g/mol. The van der Waals surface area contributed by atoms with Crippen molar-refractivity contribution < 1.29 is 0 Å². The molecule has 0 aliphatic heterocycles. The fourth-order valence-corrected chi connectivity index (χ4v) is 2.59. The second-order valence-electron chi connectivity index (χ2n) is 4.72. The molecule has 3 rings (SSSR count). The first kappa shape index (κ1) is 12.1. The van der Waals surface area contributed by atoms with Gasteiger partial charge in [0.15, 0.2) is 11.5 Å². The molecular formula is C14H13ClN4. The third kappa shape index (κ3) is 1.98. The van der Waals surface area contributed by atoms with Crippen LogP contribution in [0.25, 0.3) is 17.0 Å². The summed E-state index contributed by atoms with van der Waals surface area (Å²) < 4.78 is 1.69. The summed E-state index contributed by atoms with van der Waals surface area (Å²) >= 11 is 5.95. The summed E-state index contributed by atoms with van der Waals surface area (Å²) in [6, 6.07) is 7.79. The van der Waals surface area contributed by atoms with E-state index in [1.165, 1.54) is 5.56 Å². The monoisotopic (exact) mass is 272 g/mol. The largest absolute Gasteiger partial charge is 0.191 e. The van der Waals surface area contributed by atoms with Crippen molar-refractivity contribution in [2.24, 2.45) is 0 Å². The van der Waals surface area contributed by atoms with Gasteiger partial charge in [-0.3, -0.25) is 0 Å². The normalized spacial score (nSPS) is 11.2. The van der Waals surface area contributed by atoms with Gasteiger partial charge in [0.25, 0.3) is 0 Å². The van der Waals surface area contributed by atoms with E-state index in [9.17, 15) is 0 Å². The van der Waals surface area contributed by atoms with Crippen LogP contribution in [0.15, 0.2) is 24.3 Å². The third-order valence-electron chi connectivity index (χ3n) is 3.13. The maximum absolute atomic E-state index is 5.95. The molecule has 3 aromatic rings. The van der Waals surface area contributed by atoms with Gasteiger partial charge in [0.2, 0.25) is 0 Å². The summed E-state index contributed by atoms with van der Waals surface area (Å²) in [7, 11) is 0. The highest BCUT2D eigenvalue weighted by atomic mass is 35.5. The van der Waals surface area contributed by atoms with Crippen LogP contribution < -0.4 is 0 Å². The van der Waals surface area contributed by atoms with Crippen LogP contribution in [-0.2, 0) is 0 Å². The quantitative estimate of drug-likeness (QED) is 0.682. The maximum atomic E-state index is 5.95. The number of hydrogen-bond donors (Lipinski definition) is 0. The fourth-order valence-electron chi connectivity index (χ4n) is 2.46. The fraction of sp³-hybridized carbons (Fsp3) is 0.214. The lowest BCUT2D eigenvalue weighted by Gasteiger charge is -2.09. The molecule has 19 heavy (non-hydrogen) atoms. The van der Waals surface area contributed by atoms with E-state index in [-0.39, 0.29) is 0 Å². The molecule has 0 saturated carbocycles. The molecule has 0 radical (unpaired) electrons. The summed E-state index contributed by atoms with van der Waals surface area (Å²) in [4.78, 5) is 0. The highest BCUT2D eigenvalue weighted by molar-refractivity contribution is 6.29. The Bertz CT molecular complexity index is 753. The zero-order valence-electron chi connectivity index (χ0n) is 11.0. The van der Waals surface area contributed by atoms with Crippen LogP contribution in [0.2, 0.25) is 5.15 Å². The summed E-state index contributed by atoms with van der Waals surface area (Å²) in [6.07, 6.45) is 0. The van der Waals surface area contributed by atoms with Crippen LogP contribution in [0, 0.1) is 20.8 Å². The Morgan fingerprint density at radius 1 is 1.00 bits per heavy atom. The Balaban J connectivity index is 2.33. The number of fused-ring (bicyclic) bond motifs is 1. The van der Waals surface area contributed by atoms with E-state index in [2.05, 4.69) is 48.2 Å². The van der Waals surface area contributed by atoms with Crippen molar-refractivity contribution >= 4 is 17.2 Å². The van der Waals surface area contributed by atoms with Crippen molar-refractivity contribution in [2.75, 3.05) is 0 Å². The second kappa shape index (κ2) is 4.31. The van der Waals surface area contributed by atoms with E-state index >= 15 is 0 Å². The first-order valence-electron chi connectivity index (χ1n) is 6.02. The Kier molecular flexibility index (Phi) is 2.75. The van der Waals surface area contributed by atoms with Crippen molar-refractivity contribution in [3.63, 3.8) is 0 Å². The molecule has 0 atom stereocenters. The number of nitrogens with zero attached hydrogens (tertiary/aromatic N) is 4. The highest BCUT2D eigenvalue weighted by Gasteiger charge is 2.14. The summed E-state index contributed by atoms with van der Waals surface area (Å²) in [6.45, 7) is 6.22. The first-order valence-corrected chi connectivity index (χ1v) is 6.40. The van der Waals surface area contributed by atoms with Gasteiger partial charge in [-0.25, -0.2) is 0 Å². The van der Waals surface area contributed by atoms with Crippen LogP contribution in [-0.4, -0.2) is 19.8 Å². The van der Waals surface area contributed by atoms with Crippen molar-refractivity contribution in [3.05, 3.63) is 46.1 Å². The van der Waals surface area contributed by atoms with Crippen molar-refractivity contribution in [1.29, 1.82) is 0 Å². The van der Waals surface area contributed by atoms with Gasteiger partial charge in [-0.15, -0.1) is 10.2 Å². The van der Waals surface area contributed by atoms with Crippen LogP contribution in [0.3, 0.4) is 0 Å². The minimum absolute atomic E-state index is 0.427. The Hall–Kier alpha value is -1.94.